The van der Waals surface area contributed by atoms with Gasteiger partial charge in [-0.05, 0) is 51.6 Å². The molecule has 2 fully saturated rings. The van der Waals surface area contributed by atoms with Crippen LogP contribution in [0.25, 0.3) is 0 Å². The first kappa shape index (κ1) is 14.1. The van der Waals surface area contributed by atoms with Crippen LogP contribution >= 0.6 is 0 Å². The Morgan fingerprint density at radius 1 is 1.05 bits per heavy atom. The summed E-state index contributed by atoms with van der Waals surface area (Å²) in [7, 11) is 0. The minimum atomic E-state index is 0.244. The number of piperidine rings is 1. The molecule has 2 atom stereocenters. The second-order valence-electron chi connectivity index (χ2n) is 6.58. The van der Waals surface area contributed by atoms with Crippen molar-refractivity contribution in [3.8, 4) is 0 Å². The summed E-state index contributed by atoms with van der Waals surface area (Å²) in [5.74, 6) is 0.638. The minimum absolute atomic E-state index is 0.244. The van der Waals surface area contributed by atoms with Gasteiger partial charge < -0.3 is 10.6 Å². The van der Waals surface area contributed by atoms with Crippen LogP contribution < -0.4 is 5.73 Å². The highest BCUT2D eigenvalue weighted by Gasteiger charge is 2.34. The molecule has 0 spiro atoms. The summed E-state index contributed by atoms with van der Waals surface area (Å²) in [5.41, 5.74) is 5.97. The van der Waals surface area contributed by atoms with Crippen molar-refractivity contribution in [1.29, 1.82) is 0 Å². The van der Waals surface area contributed by atoms with Gasteiger partial charge in [0, 0.05) is 31.1 Å². The van der Waals surface area contributed by atoms with Crippen LogP contribution in [0, 0.1) is 5.92 Å². The van der Waals surface area contributed by atoms with Crippen LogP contribution in [0.5, 0.6) is 0 Å². The van der Waals surface area contributed by atoms with E-state index in [0.29, 0.717) is 18.0 Å². The highest BCUT2D eigenvalue weighted by Crippen LogP contribution is 2.25. The molecule has 3 aliphatic rings. The Morgan fingerprint density at radius 3 is 2.55 bits per heavy atom. The molecule has 0 aromatic rings. The summed E-state index contributed by atoms with van der Waals surface area (Å²) < 4.78 is 0. The van der Waals surface area contributed by atoms with Crippen molar-refractivity contribution in [2.45, 2.75) is 50.6 Å². The van der Waals surface area contributed by atoms with Crippen LogP contribution in [-0.2, 0) is 4.79 Å². The second-order valence-corrected chi connectivity index (χ2v) is 6.58. The number of allylic oxidation sites excluding steroid dienone is 2. The lowest BCUT2D eigenvalue weighted by molar-refractivity contribution is -0.134. The Hall–Kier alpha value is -0.870. The standard InChI is InChI=1S/C16H27N3O/c17-14-6-9-18(10-7-14)15-8-11-19(12-15)16(20)13-4-2-1-3-5-13/h1-2,13-15H,3-12,17H2. The molecular weight excluding hydrogens is 250 g/mol. The topological polar surface area (TPSA) is 49.6 Å². The number of carbonyl (C=O) groups is 1. The Kier molecular flexibility index (Phi) is 4.41. The lowest BCUT2D eigenvalue weighted by Crippen LogP contribution is -2.46. The largest absolute Gasteiger partial charge is 0.341 e. The second kappa shape index (κ2) is 6.27. The number of nitrogens with zero attached hydrogens (tertiary/aromatic N) is 2. The van der Waals surface area contributed by atoms with Crippen molar-refractivity contribution in [1.82, 2.24) is 9.80 Å². The molecule has 20 heavy (non-hydrogen) atoms. The van der Waals surface area contributed by atoms with Crippen LogP contribution in [-0.4, -0.2) is 54.0 Å². The maximum Gasteiger partial charge on any atom is 0.226 e. The zero-order valence-corrected chi connectivity index (χ0v) is 12.3. The Labute approximate surface area is 122 Å². The van der Waals surface area contributed by atoms with E-state index in [1.165, 1.54) is 0 Å². The van der Waals surface area contributed by atoms with E-state index in [4.69, 9.17) is 5.73 Å². The number of carbonyl (C=O) groups excluding carboxylic acids is 1. The molecule has 2 aliphatic heterocycles. The number of likely N-dealkylation sites (tertiary alicyclic amines) is 2. The fourth-order valence-corrected chi connectivity index (χ4v) is 3.80. The first-order chi connectivity index (χ1) is 9.74. The highest BCUT2D eigenvalue weighted by molar-refractivity contribution is 5.79. The number of rotatable bonds is 2. The van der Waals surface area contributed by atoms with Gasteiger partial charge in [0.2, 0.25) is 5.91 Å². The molecule has 1 aliphatic carbocycles. The van der Waals surface area contributed by atoms with E-state index < -0.39 is 0 Å². The van der Waals surface area contributed by atoms with Crippen LogP contribution in [0.1, 0.15) is 38.5 Å². The van der Waals surface area contributed by atoms with Gasteiger partial charge in [0.05, 0.1) is 0 Å². The van der Waals surface area contributed by atoms with Crippen LogP contribution in [0.4, 0.5) is 0 Å². The van der Waals surface area contributed by atoms with Crippen LogP contribution in [0.2, 0.25) is 0 Å². The fraction of sp³-hybridized carbons (Fsp3) is 0.812. The van der Waals surface area contributed by atoms with Crippen LogP contribution in [0.15, 0.2) is 12.2 Å². The molecule has 2 saturated heterocycles. The molecule has 0 aromatic heterocycles. The first-order valence-corrected chi connectivity index (χ1v) is 8.17. The van der Waals surface area contributed by atoms with E-state index in [2.05, 4.69) is 22.0 Å². The molecule has 0 bridgehead atoms. The van der Waals surface area contributed by atoms with Gasteiger partial charge in [-0.3, -0.25) is 9.69 Å². The van der Waals surface area contributed by atoms with E-state index in [9.17, 15) is 4.79 Å². The zero-order chi connectivity index (χ0) is 13.9. The van der Waals surface area contributed by atoms with Crippen molar-refractivity contribution in [3.63, 3.8) is 0 Å². The average molecular weight is 277 g/mol. The zero-order valence-electron chi connectivity index (χ0n) is 12.3. The van der Waals surface area contributed by atoms with Gasteiger partial charge in [0.25, 0.3) is 0 Å². The van der Waals surface area contributed by atoms with Gasteiger partial charge in [-0.15, -0.1) is 0 Å². The summed E-state index contributed by atoms with van der Waals surface area (Å²) in [6.07, 6.45) is 10.8. The molecule has 2 heterocycles. The van der Waals surface area contributed by atoms with Gasteiger partial charge in [-0.2, -0.15) is 0 Å². The molecule has 4 heteroatoms. The van der Waals surface area contributed by atoms with Crippen LogP contribution in [0.3, 0.4) is 0 Å². The van der Waals surface area contributed by atoms with E-state index in [-0.39, 0.29) is 5.92 Å². The highest BCUT2D eigenvalue weighted by atomic mass is 16.2. The number of nitrogens with two attached hydrogens (primary N) is 1. The SMILES string of the molecule is NC1CCN(C2CCN(C(=O)C3CC=CCC3)C2)CC1. The molecule has 2 unspecified atom stereocenters. The molecule has 0 saturated carbocycles. The maximum absolute atomic E-state index is 12.5. The number of hydrogen-bond donors (Lipinski definition) is 1. The third kappa shape index (κ3) is 3.07. The maximum atomic E-state index is 12.5. The van der Waals surface area contributed by atoms with Crippen molar-refractivity contribution < 1.29 is 4.79 Å². The smallest absolute Gasteiger partial charge is 0.226 e. The number of hydrogen-bond acceptors (Lipinski definition) is 3. The first-order valence-electron chi connectivity index (χ1n) is 8.17. The predicted octanol–water partition coefficient (Wildman–Crippen LogP) is 1.37. The monoisotopic (exact) mass is 277 g/mol. The summed E-state index contributed by atoms with van der Waals surface area (Å²) >= 11 is 0. The predicted molar refractivity (Wildman–Crippen MR) is 80.2 cm³/mol. The van der Waals surface area contributed by atoms with E-state index in [1.54, 1.807) is 0 Å². The molecule has 0 aromatic carbocycles. The molecule has 1 amide bonds. The molecule has 2 N–H and O–H groups in total. The molecule has 3 rings (SSSR count). The third-order valence-corrected chi connectivity index (χ3v) is 5.18. The average Bonchev–Trinajstić information content (AvgIpc) is 2.98. The van der Waals surface area contributed by atoms with Gasteiger partial charge in [-0.25, -0.2) is 0 Å². The molecule has 112 valence electrons. The normalized spacial score (nSPS) is 32.8. The minimum Gasteiger partial charge on any atom is -0.341 e. The van der Waals surface area contributed by atoms with Crippen molar-refractivity contribution in [2.24, 2.45) is 11.7 Å². The number of amides is 1. The van der Waals surface area contributed by atoms with Crippen molar-refractivity contribution in [2.75, 3.05) is 26.2 Å². The quantitative estimate of drug-likeness (QED) is 0.776. The Morgan fingerprint density at radius 2 is 1.85 bits per heavy atom. The Bertz CT molecular complexity index is 374. The van der Waals surface area contributed by atoms with Gasteiger partial charge in [0.1, 0.15) is 0 Å². The Balaban J connectivity index is 1.51. The molecular formula is C16H27N3O. The van der Waals surface area contributed by atoms with Gasteiger partial charge >= 0.3 is 0 Å². The summed E-state index contributed by atoms with van der Waals surface area (Å²) in [6.45, 7) is 4.11. The summed E-state index contributed by atoms with van der Waals surface area (Å²) in [5, 5.41) is 0. The lowest BCUT2D eigenvalue weighted by Gasteiger charge is -2.34. The third-order valence-electron chi connectivity index (χ3n) is 5.18. The van der Waals surface area contributed by atoms with Gasteiger partial charge in [-0.1, -0.05) is 12.2 Å². The van der Waals surface area contributed by atoms with Gasteiger partial charge in [0.15, 0.2) is 0 Å². The lowest BCUT2D eigenvalue weighted by atomic mass is 9.93. The molecule has 0 radical (unpaired) electrons. The van der Waals surface area contributed by atoms with E-state index in [1.807, 2.05) is 0 Å². The van der Waals surface area contributed by atoms with Crippen molar-refractivity contribution in [3.05, 3.63) is 12.2 Å². The van der Waals surface area contributed by atoms with E-state index >= 15 is 0 Å². The summed E-state index contributed by atoms with van der Waals surface area (Å²) in [6, 6.07) is 0.963. The van der Waals surface area contributed by atoms with E-state index in [0.717, 1.165) is 64.7 Å². The summed E-state index contributed by atoms with van der Waals surface area (Å²) in [4.78, 5) is 17.2. The fourth-order valence-electron chi connectivity index (χ4n) is 3.80. The molecule has 4 nitrogen and oxygen atoms in total. The van der Waals surface area contributed by atoms with Crippen molar-refractivity contribution >= 4 is 5.91 Å².